The molecule has 1 atom stereocenters. The number of aliphatic carboxylic acids is 1. The number of hydrogen-bond donors (Lipinski definition) is 4. The molecule has 1 heterocycles. The number of amides is 2. The SMILES string of the molecule is CCCOCCOCCOCCOCCOCCOCCOCCOCCOCCOCCOCCOc1ccc(-c2ccc([C@H](CC(=O)O)NC(=O)CNC(=O)CCCNc3cc(C)ccn3)cc2)c2ccccc12. The fourth-order valence-corrected chi connectivity index (χ4v) is 7.24. The summed E-state index contributed by atoms with van der Waals surface area (Å²) < 4.78 is 66.9. The number of aromatic nitrogens is 1. The molecule has 422 valence electrons. The number of ether oxygens (including phenoxy) is 12. The third kappa shape index (κ3) is 29.2. The molecule has 1 aromatic heterocycles. The fraction of sp³-hybridized carbons (Fsp3) is 0.571. The molecule has 0 saturated carbocycles. The van der Waals surface area contributed by atoms with Crippen LogP contribution in [0.3, 0.4) is 0 Å². The molecule has 76 heavy (non-hydrogen) atoms. The summed E-state index contributed by atoms with van der Waals surface area (Å²) in [5.74, 6) is -0.369. The van der Waals surface area contributed by atoms with Gasteiger partial charge >= 0.3 is 5.97 Å². The van der Waals surface area contributed by atoms with Crippen LogP contribution < -0.4 is 20.7 Å². The first-order valence-electron chi connectivity index (χ1n) is 26.4. The van der Waals surface area contributed by atoms with Crippen molar-refractivity contribution >= 4 is 34.4 Å². The highest BCUT2D eigenvalue weighted by Crippen LogP contribution is 2.35. The predicted octanol–water partition coefficient (Wildman–Crippen LogP) is 5.82. The van der Waals surface area contributed by atoms with Gasteiger partial charge in [0.2, 0.25) is 11.8 Å². The third-order valence-corrected chi connectivity index (χ3v) is 11.0. The van der Waals surface area contributed by atoms with E-state index in [1.165, 1.54) is 0 Å². The van der Waals surface area contributed by atoms with E-state index in [2.05, 4.69) is 27.9 Å². The van der Waals surface area contributed by atoms with Crippen LogP contribution in [0, 0.1) is 6.92 Å². The second-order valence-corrected chi connectivity index (χ2v) is 17.1. The van der Waals surface area contributed by atoms with Crippen molar-refractivity contribution < 1.29 is 76.3 Å². The van der Waals surface area contributed by atoms with Crippen molar-refractivity contribution in [1.29, 1.82) is 0 Å². The van der Waals surface area contributed by atoms with Crippen molar-refractivity contribution in [3.05, 3.63) is 90.1 Å². The molecule has 3 aromatic carbocycles. The minimum absolute atomic E-state index is 0.219. The molecule has 0 fully saturated rings. The monoisotopic (exact) mass is 1070 g/mol. The van der Waals surface area contributed by atoms with Gasteiger partial charge < -0.3 is 77.9 Å². The predicted molar refractivity (Wildman–Crippen MR) is 287 cm³/mol. The van der Waals surface area contributed by atoms with Crippen LogP contribution in [0.2, 0.25) is 0 Å². The Kier molecular flexibility index (Phi) is 34.7. The summed E-state index contributed by atoms with van der Waals surface area (Å²) in [6, 6.07) is 22.3. The zero-order valence-electron chi connectivity index (χ0n) is 44.6. The smallest absolute Gasteiger partial charge is 0.305 e. The quantitative estimate of drug-likeness (QED) is 0.0382. The maximum atomic E-state index is 12.8. The number of hydrogen-bond acceptors (Lipinski definition) is 17. The van der Waals surface area contributed by atoms with Gasteiger partial charge in [0.25, 0.3) is 0 Å². The lowest BCUT2D eigenvalue weighted by Crippen LogP contribution is -2.39. The van der Waals surface area contributed by atoms with Crippen LogP contribution in [0.4, 0.5) is 5.82 Å². The Bertz CT molecular complexity index is 2150. The number of aryl methyl sites for hydroxylation is 1. The van der Waals surface area contributed by atoms with E-state index in [1.807, 2.05) is 79.7 Å². The van der Waals surface area contributed by atoms with Gasteiger partial charge in [-0.1, -0.05) is 61.5 Å². The molecule has 0 aliphatic rings. The molecular formula is C56H82N4O16. The number of pyridine rings is 1. The van der Waals surface area contributed by atoms with Gasteiger partial charge in [-0.05, 0) is 65.6 Å². The minimum Gasteiger partial charge on any atom is -0.491 e. The van der Waals surface area contributed by atoms with E-state index in [9.17, 15) is 19.5 Å². The summed E-state index contributed by atoms with van der Waals surface area (Å²) in [6.07, 6.45) is 3.17. The van der Waals surface area contributed by atoms with E-state index < -0.39 is 17.9 Å². The van der Waals surface area contributed by atoms with E-state index in [1.54, 1.807) is 6.20 Å². The van der Waals surface area contributed by atoms with E-state index in [-0.39, 0.29) is 25.3 Å². The number of benzene rings is 3. The molecule has 20 nitrogen and oxygen atoms in total. The number of nitrogens with one attached hydrogen (secondary N) is 3. The lowest BCUT2D eigenvalue weighted by molar-refractivity contribution is -0.138. The molecule has 0 bridgehead atoms. The highest BCUT2D eigenvalue weighted by atomic mass is 16.6. The fourth-order valence-electron chi connectivity index (χ4n) is 7.24. The molecule has 0 aliphatic carbocycles. The van der Waals surface area contributed by atoms with Crippen LogP contribution in [0.15, 0.2) is 79.0 Å². The first-order valence-corrected chi connectivity index (χ1v) is 26.4. The Morgan fingerprint density at radius 2 is 1.03 bits per heavy atom. The Hall–Kier alpha value is -5.36. The molecule has 20 heteroatoms. The summed E-state index contributed by atoms with van der Waals surface area (Å²) >= 11 is 0. The maximum absolute atomic E-state index is 12.8. The molecule has 0 radical (unpaired) electrons. The third-order valence-electron chi connectivity index (χ3n) is 11.0. The maximum Gasteiger partial charge on any atom is 0.305 e. The van der Waals surface area contributed by atoms with Gasteiger partial charge in [0.15, 0.2) is 0 Å². The number of nitrogens with zero attached hydrogens (tertiary/aromatic N) is 1. The number of anilines is 1. The van der Waals surface area contributed by atoms with Crippen LogP contribution in [0.1, 0.15) is 49.8 Å². The molecule has 0 aliphatic heterocycles. The summed E-state index contributed by atoms with van der Waals surface area (Å²) in [5, 5.41) is 20.1. The van der Waals surface area contributed by atoms with Crippen molar-refractivity contribution in [2.75, 3.05) is 170 Å². The highest BCUT2D eigenvalue weighted by Gasteiger charge is 2.19. The molecular weight excluding hydrogens is 985 g/mol. The van der Waals surface area contributed by atoms with Crippen LogP contribution in [0.25, 0.3) is 21.9 Å². The highest BCUT2D eigenvalue weighted by molar-refractivity contribution is 6.00. The lowest BCUT2D eigenvalue weighted by atomic mass is 9.95. The first kappa shape index (κ1) is 63.2. The zero-order valence-corrected chi connectivity index (χ0v) is 44.6. The number of carbonyl (C=O) groups is 3. The van der Waals surface area contributed by atoms with Gasteiger partial charge in [0, 0.05) is 31.2 Å². The molecule has 4 N–H and O–H groups in total. The first-order chi connectivity index (χ1) is 37.3. The Morgan fingerprint density at radius 1 is 0.553 bits per heavy atom. The molecule has 4 aromatic rings. The van der Waals surface area contributed by atoms with E-state index >= 15 is 0 Å². The lowest BCUT2D eigenvalue weighted by Gasteiger charge is -2.19. The minimum atomic E-state index is -1.06. The second kappa shape index (κ2) is 41.8. The molecule has 0 unspecified atom stereocenters. The van der Waals surface area contributed by atoms with Gasteiger partial charge in [0.05, 0.1) is 158 Å². The van der Waals surface area contributed by atoms with Crippen LogP contribution in [-0.2, 0) is 66.5 Å². The topological polar surface area (TPSA) is 231 Å². The number of rotatable bonds is 48. The second-order valence-electron chi connectivity index (χ2n) is 17.1. The Labute approximate surface area is 448 Å². The van der Waals surface area contributed by atoms with Crippen molar-refractivity contribution in [2.24, 2.45) is 0 Å². The van der Waals surface area contributed by atoms with Crippen LogP contribution >= 0.6 is 0 Å². The van der Waals surface area contributed by atoms with Gasteiger partial charge in [-0.15, -0.1) is 0 Å². The van der Waals surface area contributed by atoms with Gasteiger partial charge in [-0.3, -0.25) is 14.4 Å². The van der Waals surface area contributed by atoms with Gasteiger partial charge in [0.1, 0.15) is 18.2 Å². The number of carbonyl (C=O) groups excluding carboxylic acids is 2. The number of fused-ring (bicyclic) bond motifs is 1. The van der Waals surface area contributed by atoms with E-state index in [4.69, 9.17) is 56.8 Å². The van der Waals surface area contributed by atoms with Crippen molar-refractivity contribution in [3.63, 3.8) is 0 Å². The number of carboxylic acids is 1. The van der Waals surface area contributed by atoms with Crippen molar-refractivity contribution in [2.45, 2.75) is 45.6 Å². The summed E-state index contributed by atoms with van der Waals surface area (Å²) in [5.41, 5.74) is 3.58. The number of carboxylic acid groups (broad SMARTS) is 1. The van der Waals surface area contributed by atoms with E-state index in [0.717, 1.165) is 52.1 Å². The van der Waals surface area contributed by atoms with Crippen LogP contribution in [-0.4, -0.2) is 193 Å². The molecule has 0 spiro atoms. The van der Waals surface area contributed by atoms with Crippen molar-refractivity contribution in [1.82, 2.24) is 15.6 Å². The standard InChI is InChI=1S/C56H82N4O16/c1-3-19-65-20-21-66-22-23-67-24-25-68-26-27-69-28-29-70-30-31-71-32-33-72-34-35-73-36-37-74-38-39-75-40-41-76-52-15-14-48(49-7-4-5-8-50(49)52)46-10-12-47(13-11-46)51(43-56(63)64)60-55(62)44-59-54(61)9-6-17-57-53-42-45(2)16-18-58-53/h4-5,7-8,10-16,18,42,51H,3,6,9,17,19-41,43-44H2,1-2H3,(H,57,58)(H,59,61)(H,60,62)(H,63,64)/t51-/m0/s1. The summed E-state index contributed by atoms with van der Waals surface area (Å²) in [6.45, 7) is 15.7. The Balaban J connectivity index is 0.960. The summed E-state index contributed by atoms with van der Waals surface area (Å²) in [4.78, 5) is 41.3. The molecule has 4 rings (SSSR count). The Morgan fingerprint density at radius 3 is 1.50 bits per heavy atom. The van der Waals surface area contributed by atoms with E-state index in [0.29, 0.717) is 164 Å². The van der Waals surface area contributed by atoms with Gasteiger partial charge in [-0.2, -0.15) is 0 Å². The van der Waals surface area contributed by atoms with Crippen molar-refractivity contribution in [3.8, 4) is 16.9 Å². The average molecular weight is 1070 g/mol. The molecule has 2 amide bonds. The normalized spacial score (nSPS) is 11.7. The summed E-state index contributed by atoms with van der Waals surface area (Å²) in [7, 11) is 0. The van der Waals surface area contributed by atoms with Crippen LogP contribution in [0.5, 0.6) is 5.75 Å². The largest absolute Gasteiger partial charge is 0.491 e. The van der Waals surface area contributed by atoms with Gasteiger partial charge in [-0.25, -0.2) is 4.98 Å². The zero-order chi connectivity index (χ0) is 53.9. The average Bonchev–Trinajstić information content (AvgIpc) is 3.42. The molecule has 0 saturated heterocycles.